The van der Waals surface area contributed by atoms with Crippen LogP contribution in [0.2, 0.25) is 0 Å². The highest BCUT2D eigenvalue weighted by atomic mass is 16.3. The molecule has 0 aliphatic carbocycles. The molecule has 0 saturated carbocycles. The minimum Gasteiger partial charge on any atom is -0.508 e. The number of phenolic OH excluding ortho intramolecular Hbond substituents is 1. The molecule has 15 heavy (non-hydrogen) atoms. The summed E-state index contributed by atoms with van der Waals surface area (Å²) in [4.78, 5) is 2.19. The Hall–Kier alpha value is -1.06. The van der Waals surface area contributed by atoms with Gasteiger partial charge in [-0.25, -0.2) is 0 Å². The number of aromatic hydroxyl groups is 1. The number of aliphatic hydroxyl groups is 1. The molecule has 1 aliphatic rings. The monoisotopic (exact) mass is 207 g/mol. The maximum atomic E-state index is 9.92. The summed E-state index contributed by atoms with van der Waals surface area (Å²) >= 11 is 0. The van der Waals surface area contributed by atoms with Crippen LogP contribution < -0.4 is 0 Å². The van der Waals surface area contributed by atoms with E-state index in [1.54, 1.807) is 12.1 Å². The SMILES string of the molecule is CCN1CCC(O)C1c1ccccc1O. The number of likely N-dealkylation sites (N-methyl/N-ethyl adjacent to an activating group) is 1. The highest BCUT2D eigenvalue weighted by Crippen LogP contribution is 2.36. The molecule has 3 nitrogen and oxygen atoms in total. The van der Waals surface area contributed by atoms with Crippen molar-refractivity contribution in [3.05, 3.63) is 29.8 Å². The zero-order chi connectivity index (χ0) is 10.8. The van der Waals surface area contributed by atoms with E-state index in [4.69, 9.17) is 0 Å². The lowest BCUT2D eigenvalue weighted by Gasteiger charge is -2.25. The van der Waals surface area contributed by atoms with Gasteiger partial charge >= 0.3 is 0 Å². The van der Waals surface area contributed by atoms with E-state index in [1.165, 1.54) is 0 Å². The number of aliphatic hydroxyl groups excluding tert-OH is 1. The number of likely N-dealkylation sites (tertiary alicyclic amines) is 1. The van der Waals surface area contributed by atoms with Gasteiger partial charge in [0, 0.05) is 12.1 Å². The summed E-state index contributed by atoms with van der Waals surface area (Å²) in [5.41, 5.74) is 0.837. The zero-order valence-electron chi connectivity index (χ0n) is 8.93. The Balaban J connectivity index is 2.32. The van der Waals surface area contributed by atoms with Gasteiger partial charge in [0.05, 0.1) is 12.1 Å². The average molecular weight is 207 g/mol. The van der Waals surface area contributed by atoms with E-state index >= 15 is 0 Å². The van der Waals surface area contributed by atoms with Crippen molar-refractivity contribution in [3.8, 4) is 5.75 Å². The van der Waals surface area contributed by atoms with Crippen LogP contribution in [0.15, 0.2) is 24.3 Å². The summed E-state index contributed by atoms with van der Waals surface area (Å²) in [7, 11) is 0. The van der Waals surface area contributed by atoms with Gasteiger partial charge in [-0.3, -0.25) is 4.90 Å². The lowest BCUT2D eigenvalue weighted by Crippen LogP contribution is -2.27. The van der Waals surface area contributed by atoms with Crippen molar-refractivity contribution in [3.63, 3.8) is 0 Å². The van der Waals surface area contributed by atoms with Crippen molar-refractivity contribution in [1.29, 1.82) is 0 Å². The second-order valence-corrected chi connectivity index (χ2v) is 3.99. The third kappa shape index (κ3) is 1.85. The maximum Gasteiger partial charge on any atom is 0.120 e. The fourth-order valence-electron chi connectivity index (χ4n) is 2.33. The van der Waals surface area contributed by atoms with Crippen LogP contribution in [-0.2, 0) is 0 Å². The molecule has 2 N–H and O–H groups in total. The molecule has 1 aromatic rings. The van der Waals surface area contributed by atoms with Crippen molar-refractivity contribution in [2.75, 3.05) is 13.1 Å². The van der Waals surface area contributed by atoms with E-state index < -0.39 is 0 Å². The van der Waals surface area contributed by atoms with Gasteiger partial charge in [0.2, 0.25) is 0 Å². The molecule has 0 spiro atoms. The molecule has 0 bridgehead atoms. The topological polar surface area (TPSA) is 43.7 Å². The van der Waals surface area contributed by atoms with Crippen LogP contribution in [-0.4, -0.2) is 34.3 Å². The Morgan fingerprint density at radius 1 is 1.40 bits per heavy atom. The lowest BCUT2D eigenvalue weighted by molar-refractivity contribution is 0.117. The molecule has 1 aliphatic heterocycles. The molecule has 1 aromatic carbocycles. The Morgan fingerprint density at radius 3 is 2.80 bits per heavy atom. The van der Waals surface area contributed by atoms with Crippen LogP contribution in [0.3, 0.4) is 0 Å². The summed E-state index contributed by atoms with van der Waals surface area (Å²) in [6.07, 6.45) is 0.422. The van der Waals surface area contributed by atoms with Crippen molar-refractivity contribution < 1.29 is 10.2 Å². The second kappa shape index (κ2) is 4.21. The van der Waals surface area contributed by atoms with E-state index in [-0.39, 0.29) is 17.9 Å². The molecule has 1 heterocycles. The predicted molar refractivity (Wildman–Crippen MR) is 58.7 cm³/mol. The van der Waals surface area contributed by atoms with Gasteiger partial charge in [-0.1, -0.05) is 25.1 Å². The summed E-state index contributed by atoms with van der Waals surface area (Å²) in [6.45, 7) is 3.87. The summed E-state index contributed by atoms with van der Waals surface area (Å²) in [5, 5.41) is 19.7. The van der Waals surface area contributed by atoms with Gasteiger partial charge in [-0.05, 0) is 19.0 Å². The van der Waals surface area contributed by atoms with Crippen LogP contribution in [0.4, 0.5) is 0 Å². The molecule has 0 radical (unpaired) electrons. The van der Waals surface area contributed by atoms with Crippen molar-refractivity contribution in [2.24, 2.45) is 0 Å². The van der Waals surface area contributed by atoms with Gasteiger partial charge in [0.1, 0.15) is 5.75 Å². The molecule has 1 saturated heterocycles. The van der Waals surface area contributed by atoms with E-state index in [0.29, 0.717) is 0 Å². The minimum atomic E-state index is -0.363. The van der Waals surface area contributed by atoms with Crippen LogP contribution >= 0.6 is 0 Å². The van der Waals surface area contributed by atoms with Crippen molar-refractivity contribution in [2.45, 2.75) is 25.5 Å². The molecule has 2 unspecified atom stereocenters. The number of nitrogens with zero attached hydrogens (tertiary/aromatic N) is 1. The smallest absolute Gasteiger partial charge is 0.120 e. The fraction of sp³-hybridized carbons (Fsp3) is 0.500. The summed E-state index contributed by atoms with van der Waals surface area (Å²) < 4.78 is 0. The molecule has 2 rings (SSSR count). The van der Waals surface area contributed by atoms with Gasteiger partial charge in [-0.2, -0.15) is 0 Å². The van der Waals surface area contributed by atoms with E-state index in [2.05, 4.69) is 11.8 Å². The Bertz CT molecular complexity index is 340. The maximum absolute atomic E-state index is 9.92. The van der Waals surface area contributed by atoms with Crippen LogP contribution in [0, 0.1) is 0 Å². The third-order valence-electron chi connectivity index (χ3n) is 3.13. The second-order valence-electron chi connectivity index (χ2n) is 3.99. The van der Waals surface area contributed by atoms with Crippen molar-refractivity contribution in [1.82, 2.24) is 4.90 Å². The van der Waals surface area contributed by atoms with Gasteiger partial charge in [0.25, 0.3) is 0 Å². The Morgan fingerprint density at radius 2 is 2.13 bits per heavy atom. The lowest BCUT2D eigenvalue weighted by atomic mass is 10.0. The van der Waals surface area contributed by atoms with Gasteiger partial charge < -0.3 is 10.2 Å². The third-order valence-corrected chi connectivity index (χ3v) is 3.13. The van der Waals surface area contributed by atoms with Crippen LogP contribution in [0.25, 0.3) is 0 Å². The Labute approximate surface area is 90.0 Å². The fourth-order valence-corrected chi connectivity index (χ4v) is 2.33. The number of hydrogen-bond donors (Lipinski definition) is 2. The number of para-hydroxylation sites is 1. The largest absolute Gasteiger partial charge is 0.508 e. The first-order valence-corrected chi connectivity index (χ1v) is 5.44. The first-order chi connectivity index (χ1) is 7.24. The molecule has 0 amide bonds. The van der Waals surface area contributed by atoms with Crippen LogP contribution in [0.5, 0.6) is 5.75 Å². The van der Waals surface area contributed by atoms with Gasteiger partial charge in [0.15, 0.2) is 0 Å². The molecule has 0 aromatic heterocycles. The first-order valence-electron chi connectivity index (χ1n) is 5.44. The summed E-state index contributed by atoms with van der Waals surface area (Å²) in [5.74, 6) is 0.280. The number of hydrogen-bond acceptors (Lipinski definition) is 3. The minimum absolute atomic E-state index is 0.0452. The predicted octanol–water partition coefficient (Wildman–Crippen LogP) is 1.52. The molecule has 2 atom stereocenters. The molecule has 1 fully saturated rings. The zero-order valence-corrected chi connectivity index (χ0v) is 8.93. The van der Waals surface area contributed by atoms with Crippen molar-refractivity contribution >= 4 is 0 Å². The Kier molecular flexibility index (Phi) is 2.93. The van der Waals surface area contributed by atoms with E-state index in [1.807, 2.05) is 12.1 Å². The van der Waals surface area contributed by atoms with Gasteiger partial charge in [-0.15, -0.1) is 0 Å². The van der Waals surface area contributed by atoms with E-state index in [0.717, 1.165) is 25.1 Å². The molecular formula is C12H17NO2. The molecular weight excluding hydrogens is 190 g/mol. The van der Waals surface area contributed by atoms with E-state index in [9.17, 15) is 10.2 Å². The quantitative estimate of drug-likeness (QED) is 0.772. The number of phenols is 1. The van der Waals surface area contributed by atoms with Crippen LogP contribution in [0.1, 0.15) is 24.9 Å². The average Bonchev–Trinajstić information content (AvgIpc) is 2.60. The highest BCUT2D eigenvalue weighted by Gasteiger charge is 2.34. The standard InChI is InChI=1S/C12H17NO2/c1-2-13-8-7-11(15)12(13)9-5-3-4-6-10(9)14/h3-6,11-12,14-15H,2,7-8H2,1H3. The normalized spacial score (nSPS) is 27.1. The first kappa shape index (κ1) is 10.5. The molecule has 3 heteroatoms. The summed E-state index contributed by atoms with van der Waals surface area (Å²) in [6, 6.07) is 7.21. The molecule has 82 valence electrons. The highest BCUT2D eigenvalue weighted by molar-refractivity contribution is 5.35. The number of rotatable bonds is 2. The number of benzene rings is 1.